The molecule has 4 heteroatoms. The van der Waals surface area contributed by atoms with E-state index in [2.05, 4.69) is 281 Å². The summed E-state index contributed by atoms with van der Waals surface area (Å²) in [4.78, 5) is 48.6. The van der Waals surface area contributed by atoms with Gasteiger partial charge in [-0.05, 0) is 175 Å². The number of carbonyl (C=O) groups is 4. The van der Waals surface area contributed by atoms with E-state index in [0.29, 0.717) is 25.7 Å². The summed E-state index contributed by atoms with van der Waals surface area (Å²) < 4.78 is 0. The van der Waals surface area contributed by atoms with Gasteiger partial charge in [-0.1, -0.05) is 270 Å². The van der Waals surface area contributed by atoms with Gasteiger partial charge in [0.2, 0.25) is 0 Å². The third kappa shape index (κ3) is 23.9. The molecule has 0 radical (unpaired) electrons. The summed E-state index contributed by atoms with van der Waals surface area (Å²) >= 11 is 0. The molecule has 4 aliphatic carbocycles. The van der Waals surface area contributed by atoms with Crippen molar-refractivity contribution in [3.05, 3.63) is 259 Å². The van der Waals surface area contributed by atoms with Crippen molar-refractivity contribution in [1.29, 1.82) is 0 Å². The number of Topliss-reactive ketones (excluding diaryl/α,β-unsaturated/α-hetero) is 4. The third-order valence-electron chi connectivity index (χ3n) is 16.7. The molecular formula is C80H104O4. The van der Waals surface area contributed by atoms with Crippen LogP contribution in [0.25, 0.3) is 0 Å². The highest BCUT2D eigenvalue weighted by Crippen LogP contribution is 2.42. The molecule has 4 aliphatic rings. The molecule has 0 aromatic heterocycles. The minimum atomic E-state index is 0.0404. The van der Waals surface area contributed by atoms with E-state index >= 15 is 0 Å². The largest absolute Gasteiger partial charge is 0.295 e. The van der Waals surface area contributed by atoms with Crippen molar-refractivity contribution in [1.82, 2.24) is 0 Å². The van der Waals surface area contributed by atoms with E-state index in [1.54, 1.807) is 0 Å². The zero-order valence-electron chi connectivity index (χ0n) is 55.5. The van der Waals surface area contributed by atoms with Crippen LogP contribution in [0.15, 0.2) is 259 Å². The van der Waals surface area contributed by atoms with Crippen LogP contribution < -0.4 is 0 Å². The maximum Gasteiger partial charge on any atom is 0.158 e. The zero-order chi connectivity index (χ0) is 63.0. The lowest BCUT2D eigenvalue weighted by molar-refractivity contribution is -0.117. The molecule has 4 nitrogen and oxygen atoms in total. The molecule has 0 atom stereocenters. The Morgan fingerprint density at radius 1 is 0.262 bits per heavy atom. The molecule has 0 unspecified atom stereocenters. The van der Waals surface area contributed by atoms with Crippen LogP contribution in [0, 0.1) is 21.7 Å². The Labute approximate surface area is 510 Å². The Bertz CT molecular complexity index is 2760. The topological polar surface area (TPSA) is 68.3 Å². The predicted octanol–water partition coefficient (Wildman–Crippen LogP) is 21.9. The zero-order valence-corrected chi connectivity index (χ0v) is 55.5. The molecule has 0 fully saturated rings. The highest BCUT2D eigenvalue weighted by atomic mass is 16.1. The van der Waals surface area contributed by atoms with Crippen LogP contribution in [0.2, 0.25) is 0 Å². The summed E-state index contributed by atoms with van der Waals surface area (Å²) in [6, 6.07) is 0. The Hall–Kier alpha value is -7.04. The minimum absolute atomic E-state index is 0.0404. The normalized spacial score (nSPS) is 21.6. The monoisotopic (exact) mass is 1130 g/mol. The van der Waals surface area contributed by atoms with Gasteiger partial charge < -0.3 is 0 Å². The van der Waals surface area contributed by atoms with Gasteiger partial charge in [0.1, 0.15) is 0 Å². The Balaban J connectivity index is 0.000000440. The van der Waals surface area contributed by atoms with Crippen LogP contribution in [0.3, 0.4) is 0 Å². The molecule has 84 heavy (non-hydrogen) atoms. The highest BCUT2D eigenvalue weighted by Gasteiger charge is 2.33. The number of hydrogen-bond donors (Lipinski definition) is 0. The van der Waals surface area contributed by atoms with E-state index in [-0.39, 0.29) is 44.8 Å². The molecule has 0 heterocycles. The molecule has 0 aromatic rings. The first-order chi connectivity index (χ1) is 39.3. The molecule has 0 saturated carbocycles. The van der Waals surface area contributed by atoms with Gasteiger partial charge in [0.15, 0.2) is 23.1 Å². The van der Waals surface area contributed by atoms with E-state index in [0.717, 1.165) is 115 Å². The quantitative estimate of drug-likeness (QED) is 0.114. The van der Waals surface area contributed by atoms with E-state index < -0.39 is 0 Å². The highest BCUT2D eigenvalue weighted by molar-refractivity contribution is 5.99. The molecule has 0 spiro atoms. The molecule has 0 aliphatic heterocycles. The third-order valence-corrected chi connectivity index (χ3v) is 16.7. The van der Waals surface area contributed by atoms with E-state index in [1.807, 2.05) is 27.7 Å². The van der Waals surface area contributed by atoms with Crippen LogP contribution in [0.4, 0.5) is 0 Å². The fraction of sp³-hybridized carbons (Fsp3) is 0.400. The molecule has 0 saturated heterocycles. The van der Waals surface area contributed by atoms with Gasteiger partial charge in [-0.2, -0.15) is 0 Å². The molecule has 0 aromatic carbocycles. The van der Waals surface area contributed by atoms with Gasteiger partial charge >= 0.3 is 0 Å². The summed E-state index contributed by atoms with van der Waals surface area (Å²) in [5.74, 6) is 1.08. The second-order valence-corrected chi connectivity index (χ2v) is 26.2. The van der Waals surface area contributed by atoms with Crippen molar-refractivity contribution in [2.75, 3.05) is 0 Å². The first kappa shape index (κ1) is 71.2. The van der Waals surface area contributed by atoms with Crippen LogP contribution in [0.1, 0.15) is 190 Å². The van der Waals surface area contributed by atoms with E-state index in [4.69, 9.17) is 0 Å². The number of rotatable bonds is 20. The summed E-state index contributed by atoms with van der Waals surface area (Å²) in [5, 5.41) is 0. The number of allylic oxidation sites excluding steroid dienone is 44. The van der Waals surface area contributed by atoms with E-state index in [9.17, 15) is 19.2 Å². The second kappa shape index (κ2) is 33.4. The smallest absolute Gasteiger partial charge is 0.158 e. The fourth-order valence-corrected chi connectivity index (χ4v) is 10.6. The van der Waals surface area contributed by atoms with Crippen LogP contribution in [-0.4, -0.2) is 23.1 Å². The van der Waals surface area contributed by atoms with Crippen molar-refractivity contribution in [3.8, 4) is 0 Å². The number of hydrogen-bond acceptors (Lipinski definition) is 4. The Morgan fingerprint density at radius 2 is 0.417 bits per heavy atom. The first-order valence-corrected chi connectivity index (χ1v) is 30.4. The molecule has 4 rings (SSSR count). The van der Waals surface area contributed by atoms with Gasteiger partial charge in [-0.15, -0.1) is 0 Å². The average molecular weight is 1130 g/mol. The van der Waals surface area contributed by atoms with Gasteiger partial charge in [0, 0.05) is 25.7 Å². The Morgan fingerprint density at radius 3 is 0.595 bits per heavy atom. The molecule has 0 N–H and O–H groups in total. The van der Waals surface area contributed by atoms with E-state index in [1.165, 1.54) is 0 Å². The molecule has 448 valence electrons. The Kier molecular flexibility index (Phi) is 28.4. The SMILES string of the molecule is CC1=C(/C=C/C(C)=C/C=C/C(C)=C/C=C/C=C(C)/C=C/C=C(C)/C=C/C2=C(C)C(=O)CCC2(C)C)C(C)(C)CCC1=O.CC1=C(/C=C/C(C)=C/C=C/C(C)=C/C=C/C=C(C)/C=C/C=C(C)/C=C/C2=C(C)C(=O)CCC2(C)C)C(C)(C)CCC1=O. The van der Waals surface area contributed by atoms with Gasteiger partial charge in [-0.25, -0.2) is 0 Å². The van der Waals surface area contributed by atoms with Crippen molar-refractivity contribution in [2.45, 2.75) is 190 Å². The lowest BCUT2D eigenvalue weighted by atomic mass is 9.72. The lowest BCUT2D eigenvalue weighted by Crippen LogP contribution is -2.24. The van der Waals surface area contributed by atoms with Crippen molar-refractivity contribution in [2.24, 2.45) is 21.7 Å². The fourth-order valence-electron chi connectivity index (χ4n) is 10.6. The number of carbonyl (C=O) groups excluding carboxylic acids is 4. The lowest BCUT2D eigenvalue weighted by Gasteiger charge is -2.32. The molecule has 0 bridgehead atoms. The predicted molar refractivity (Wildman–Crippen MR) is 364 cm³/mol. The maximum absolute atomic E-state index is 12.2. The van der Waals surface area contributed by atoms with Crippen LogP contribution in [0.5, 0.6) is 0 Å². The van der Waals surface area contributed by atoms with Gasteiger partial charge in [-0.3, -0.25) is 19.2 Å². The summed E-state index contributed by atoms with van der Waals surface area (Å²) in [5.41, 5.74) is 17.6. The van der Waals surface area contributed by atoms with Gasteiger partial charge in [0.05, 0.1) is 0 Å². The number of ketones is 4. The van der Waals surface area contributed by atoms with Crippen LogP contribution in [-0.2, 0) is 19.2 Å². The second-order valence-electron chi connectivity index (χ2n) is 26.2. The van der Waals surface area contributed by atoms with Crippen molar-refractivity contribution < 1.29 is 19.2 Å². The molecule has 0 amide bonds. The molecular weight excluding hydrogens is 1020 g/mol. The minimum Gasteiger partial charge on any atom is -0.295 e. The van der Waals surface area contributed by atoms with Gasteiger partial charge in [0.25, 0.3) is 0 Å². The van der Waals surface area contributed by atoms with Crippen molar-refractivity contribution >= 4 is 23.1 Å². The van der Waals surface area contributed by atoms with Crippen LogP contribution >= 0.6 is 0 Å². The average Bonchev–Trinajstić information content (AvgIpc) is 2.48. The van der Waals surface area contributed by atoms with Crippen molar-refractivity contribution in [3.63, 3.8) is 0 Å². The standard InChI is InChI=1S/2C40H52O2/c2*1-29(17-13-19-31(3)21-23-35-33(5)37(41)25-27-39(35,7)8)15-11-12-16-30(2)18-14-20-32(4)22-24-36-34(6)38(42)26-28-40(36,9)10/h2*11-24H,25-28H2,1-10H3/b2*12-11+,17-13+,18-14+,23-21+,24-22+,29-15+,30-16+,31-19+,32-20+. The summed E-state index contributed by atoms with van der Waals surface area (Å²) in [7, 11) is 0. The maximum atomic E-state index is 12.2. The first-order valence-electron chi connectivity index (χ1n) is 30.4. The summed E-state index contributed by atoms with van der Waals surface area (Å²) in [6.07, 6.45) is 64.8. The summed E-state index contributed by atoms with van der Waals surface area (Å²) in [6.45, 7) is 42.2.